The predicted octanol–water partition coefficient (Wildman–Crippen LogP) is 0.0624. The maximum Gasteiger partial charge on any atom is 0.0519 e. The van der Waals surface area contributed by atoms with Crippen molar-refractivity contribution in [2.45, 2.75) is 20.0 Å². The van der Waals surface area contributed by atoms with Gasteiger partial charge in [-0.3, -0.25) is 5.32 Å². The van der Waals surface area contributed by atoms with Gasteiger partial charge in [-0.15, -0.1) is 0 Å². The van der Waals surface area contributed by atoms with Crippen LogP contribution >= 0.6 is 0 Å². The van der Waals surface area contributed by atoms with Gasteiger partial charge in [0.15, 0.2) is 0 Å². The molecule has 0 fully saturated rings. The molecular weight excluding hydrogens is 76.1 g/mol. The van der Waals surface area contributed by atoms with E-state index in [-0.39, 0.29) is 6.17 Å². The molecule has 0 aromatic heterocycles. The van der Waals surface area contributed by atoms with Crippen LogP contribution in [0.15, 0.2) is 0 Å². The van der Waals surface area contributed by atoms with Crippen LogP contribution in [-0.4, -0.2) is 6.17 Å². The molecule has 0 aliphatic rings. The number of nitrogens with one attached hydrogen (secondary N) is 1. The summed E-state index contributed by atoms with van der Waals surface area (Å²) in [6, 6.07) is 0. The lowest BCUT2D eigenvalue weighted by Crippen LogP contribution is -2.31. The number of hydrogen-bond acceptors (Lipinski definition) is 2. The fourth-order valence-electron chi connectivity index (χ4n) is 0.263. The van der Waals surface area contributed by atoms with Crippen molar-refractivity contribution in [3.05, 3.63) is 6.54 Å². The van der Waals surface area contributed by atoms with E-state index in [1.165, 1.54) is 0 Å². The summed E-state index contributed by atoms with van der Waals surface area (Å²) in [5.41, 5.74) is 5.26. The van der Waals surface area contributed by atoms with E-state index in [0.29, 0.717) is 0 Å². The molecule has 0 aliphatic carbocycles. The van der Waals surface area contributed by atoms with Gasteiger partial charge in [0, 0.05) is 6.54 Å². The first-order valence-electron chi connectivity index (χ1n) is 2.07. The Morgan fingerprint density at radius 1 is 1.83 bits per heavy atom. The van der Waals surface area contributed by atoms with Crippen LogP contribution in [0.4, 0.5) is 0 Å². The first-order chi connectivity index (χ1) is 2.77. The Bertz CT molecular complexity index is 26.7. The molecule has 0 saturated heterocycles. The summed E-state index contributed by atoms with van der Waals surface area (Å²) in [4.78, 5) is 0. The first kappa shape index (κ1) is 5.92. The van der Waals surface area contributed by atoms with Gasteiger partial charge in [0.25, 0.3) is 0 Å². The maximum absolute atomic E-state index is 5.26. The quantitative estimate of drug-likeness (QED) is 0.467. The molecule has 2 heteroatoms. The molecule has 0 spiro atoms. The topological polar surface area (TPSA) is 38.0 Å². The molecule has 0 aromatic carbocycles. The fourth-order valence-corrected chi connectivity index (χ4v) is 0.263. The molecule has 0 amide bonds. The summed E-state index contributed by atoms with van der Waals surface area (Å²) < 4.78 is 0. The van der Waals surface area contributed by atoms with E-state index in [4.69, 9.17) is 5.73 Å². The highest BCUT2D eigenvalue weighted by molar-refractivity contribution is 4.54. The second-order valence-electron chi connectivity index (χ2n) is 1.24. The van der Waals surface area contributed by atoms with Gasteiger partial charge in [0.2, 0.25) is 0 Å². The Balaban J connectivity index is 2.63. The zero-order chi connectivity index (χ0) is 4.99. The van der Waals surface area contributed by atoms with Crippen LogP contribution < -0.4 is 11.1 Å². The van der Waals surface area contributed by atoms with Gasteiger partial charge >= 0.3 is 0 Å². The van der Waals surface area contributed by atoms with Gasteiger partial charge in [-0.05, 0) is 13.8 Å². The summed E-state index contributed by atoms with van der Waals surface area (Å²) in [6.45, 7) is 5.62. The van der Waals surface area contributed by atoms with Gasteiger partial charge in [-0.2, -0.15) is 0 Å². The Kier molecular flexibility index (Phi) is 3.08. The lowest BCUT2D eigenvalue weighted by Gasteiger charge is -2.00. The second kappa shape index (κ2) is 3.12. The Morgan fingerprint density at radius 2 is 2.33 bits per heavy atom. The molecule has 0 aromatic rings. The van der Waals surface area contributed by atoms with Crippen LogP contribution in [0.2, 0.25) is 0 Å². The van der Waals surface area contributed by atoms with Crippen molar-refractivity contribution in [2.24, 2.45) is 5.73 Å². The number of rotatable bonds is 2. The van der Waals surface area contributed by atoms with Gasteiger partial charge < -0.3 is 5.73 Å². The van der Waals surface area contributed by atoms with Crippen molar-refractivity contribution < 1.29 is 0 Å². The summed E-state index contributed by atoms with van der Waals surface area (Å²) in [7, 11) is 0. The molecular formula is C4H11N2. The Labute approximate surface area is 38.7 Å². The molecule has 37 valence electrons. The van der Waals surface area contributed by atoms with Crippen molar-refractivity contribution in [2.75, 3.05) is 0 Å². The van der Waals surface area contributed by atoms with Crippen molar-refractivity contribution in [3.63, 3.8) is 0 Å². The van der Waals surface area contributed by atoms with Crippen molar-refractivity contribution in [1.82, 2.24) is 5.32 Å². The predicted molar refractivity (Wildman–Crippen MR) is 26.8 cm³/mol. The smallest absolute Gasteiger partial charge is 0.0519 e. The molecule has 0 saturated carbocycles. The lowest BCUT2D eigenvalue weighted by atomic mass is 10.6. The largest absolute Gasteiger partial charge is 0.316 e. The number of nitrogens with two attached hydrogens (primary N) is 1. The fraction of sp³-hybridized carbons (Fsp3) is 0.750. The minimum atomic E-state index is 0.0926. The van der Waals surface area contributed by atoms with Gasteiger partial charge in [0.05, 0.1) is 6.17 Å². The van der Waals surface area contributed by atoms with Crippen LogP contribution in [0.5, 0.6) is 0 Å². The Morgan fingerprint density at radius 3 is 2.33 bits per heavy atom. The van der Waals surface area contributed by atoms with Crippen LogP contribution in [0.25, 0.3) is 0 Å². The SMILES string of the molecule is C[CH]NC(C)N. The van der Waals surface area contributed by atoms with E-state index in [1.54, 1.807) is 0 Å². The van der Waals surface area contributed by atoms with Gasteiger partial charge in [0.1, 0.15) is 0 Å². The molecule has 6 heavy (non-hydrogen) atoms. The third-order valence-electron chi connectivity index (χ3n) is 0.430. The van der Waals surface area contributed by atoms with E-state index in [1.807, 2.05) is 20.4 Å². The molecule has 2 nitrogen and oxygen atoms in total. The highest BCUT2D eigenvalue weighted by atomic mass is 15.0. The minimum absolute atomic E-state index is 0.0926. The molecule has 0 heterocycles. The molecule has 0 aliphatic heterocycles. The zero-order valence-corrected chi connectivity index (χ0v) is 4.23. The highest BCUT2D eigenvalue weighted by Crippen LogP contribution is 1.65. The minimum Gasteiger partial charge on any atom is -0.316 e. The van der Waals surface area contributed by atoms with Crippen molar-refractivity contribution >= 4 is 0 Å². The van der Waals surface area contributed by atoms with E-state index in [0.717, 1.165) is 0 Å². The first-order valence-corrected chi connectivity index (χ1v) is 2.07. The third-order valence-corrected chi connectivity index (χ3v) is 0.430. The second-order valence-corrected chi connectivity index (χ2v) is 1.24. The molecule has 3 N–H and O–H groups in total. The van der Waals surface area contributed by atoms with Crippen LogP contribution in [-0.2, 0) is 0 Å². The van der Waals surface area contributed by atoms with E-state index >= 15 is 0 Å². The summed E-state index contributed by atoms with van der Waals surface area (Å²) >= 11 is 0. The standard InChI is InChI=1S/C4H11N2/c1-3-6-4(2)5/h3-4,6H,5H2,1-2H3. The highest BCUT2D eigenvalue weighted by Gasteiger charge is 1.82. The molecule has 1 radical (unpaired) electrons. The Hall–Kier alpha value is -0.0800. The third kappa shape index (κ3) is 3.92. The average Bonchev–Trinajstić information content (AvgIpc) is 1.35. The van der Waals surface area contributed by atoms with Gasteiger partial charge in [-0.1, -0.05) is 0 Å². The van der Waals surface area contributed by atoms with Crippen LogP contribution in [0.1, 0.15) is 13.8 Å². The van der Waals surface area contributed by atoms with Crippen molar-refractivity contribution in [3.8, 4) is 0 Å². The molecule has 0 bridgehead atoms. The number of hydrogen-bond donors (Lipinski definition) is 2. The van der Waals surface area contributed by atoms with E-state index in [9.17, 15) is 0 Å². The lowest BCUT2D eigenvalue weighted by molar-refractivity contribution is 0.636. The van der Waals surface area contributed by atoms with E-state index in [2.05, 4.69) is 5.32 Å². The zero-order valence-electron chi connectivity index (χ0n) is 4.23. The van der Waals surface area contributed by atoms with Crippen LogP contribution in [0, 0.1) is 6.54 Å². The summed E-state index contributed by atoms with van der Waals surface area (Å²) in [5.74, 6) is 0. The average molecular weight is 87.1 g/mol. The van der Waals surface area contributed by atoms with Gasteiger partial charge in [-0.25, -0.2) is 0 Å². The molecule has 0 rings (SSSR count). The normalized spacial score (nSPS) is 14.5. The molecule has 1 unspecified atom stereocenters. The molecule has 1 atom stereocenters. The summed E-state index contributed by atoms with van der Waals surface area (Å²) in [6.07, 6.45) is 0.0926. The van der Waals surface area contributed by atoms with Crippen LogP contribution in [0.3, 0.4) is 0 Å². The summed E-state index contributed by atoms with van der Waals surface area (Å²) in [5, 5.41) is 2.86. The maximum atomic E-state index is 5.26. The monoisotopic (exact) mass is 87.1 g/mol. The van der Waals surface area contributed by atoms with Crippen molar-refractivity contribution in [1.29, 1.82) is 0 Å². The van der Waals surface area contributed by atoms with E-state index < -0.39 is 0 Å².